The SMILES string of the molecule is COc1cccc(CCC(N)=O)c1C. The van der Waals surface area contributed by atoms with E-state index in [-0.39, 0.29) is 5.91 Å². The van der Waals surface area contributed by atoms with Gasteiger partial charge in [-0.05, 0) is 30.5 Å². The van der Waals surface area contributed by atoms with Gasteiger partial charge in [0.25, 0.3) is 0 Å². The summed E-state index contributed by atoms with van der Waals surface area (Å²) in [4.78, 5) is 10.6. The van der Waals surface area contributed by atoms with Crippen LogP contribution >= 0.6 is 0 Å². The Kier molecular flexibility index (Phi) is 3.51. The largest absolute Gasteiger partial charge is 0.496 e. The van der Waals surface area contributed by atoms with Crippen LogP contribution in [0.2, 0.25) is 0 Å². The molecule has 1 aromatic carbocycles. The van der Waals surface area contributed by atoms with Gasteiger partial charge in [0, 0.05) is 6.42 Å². The second-order valence-corrected chi connectivity index (χ2v) is 3.21. The number of carbonyl (C=O) groups excluding carboxylic acids is 1. The van der Waals surface area contributed by atoms with E-state index in [9.17, 15) is 4.79 Å². The number of methoxy groups -OCH3 is 1. The summed E-state index contributed by atoms with van der Waals surface area (Å²) < 4.78 is 5.18. The smallest absolute Gasteiger partial charge is 0.217 e. The number of rotatable bonds is 4. The maximum Gasteiger partial charge on any atom is 0.217 e. The number of hydrogen-bond acceptors (Lipinski definition) is 2. The topological polar surface area (TPSA) is 52.3 Å². The third-order valence-corrected chi connectivity index (χ3v) is 2.26. The molecule has 14 heavy (non-hydrogen) atoms. The fourth-order valence-electron chi connectivity index (χ4n) is 1.41. The molecule has 0 saturated carbocycles. The van der Waals surface area contributed by atoms with Crippen LogP contribution in [0.25, 0.3) is 0 Å². The average Bonchev–Trinajstić information content (AvgIpc) is 2.16. The first kappa shape index (κ1) is 10.6. The molecule has 2 N–H and O–H groups in total. The van der Waals surface area contributed by atoms with Crippen molar-refractivity contribution in [2.24, 2.45) is 5.73 Å². The molecule has 1 rings (SSSR count). The number of aryl methyl sites for hydroxylation is 1. The number of carbonyl (C=O) groups is 1. The first-order valence-corrected chi connectivity index (χ1v) is 4.56. The predicted molar refractivity (Wildman–Crippen MR) is 55.2 cm³/mol. The zero-order valence-electron chi connectivity index (χ0n) is 8.54. The van der Waals surface area contributed by atoms with Crippen molar-refractivity contribution < 1.29 is 9.53 Å². The minimum atomic E-state index is -0.271. The van der Waals surface area contributed by atoms with Crippen LogP contribution in [0.5, 0.6) is 5.75 Å². The molecule has 0 aliphatic heterocycles. The van der Waals surface area contributed by atoms with Crippen molar-refractivity contribution in [2.75, 3.05) is 7.11 Å². The predicted octanol–water partition coefficient (Wildman–Crippen LogP) is 1.42. The lowest BCUT2D eigenvalue weighted by atomic mass is 10.0. The normalized spacial score (nSPS) is 9.86. The van der Waals surface area contributed by atoms with E-state index in [1.54, 1.807) is 7.11 Å². The molecule has 0 bridgehead atoms. The first-order valence-electron chi connectivity index (χ1n) is 4.56. The Morgan fingerprint density at radius 2 is 2.21 bits per heavy atom. The number of primary amides is 1. The summed E-state index contributed by atoms with van der Waals surface area (Å²) in [6.07, 6.45) is 1.06. The quantitative estimate of drug-likeness (QED) is 0.786. The fourth-order valence-corrected chi connectivity index (χ4v) is 1.41. The minimum Gasteiger partial charge on any atom is -0.496 e. The molecule has 0 saturated heterocycles. The zero-order chi connectivity index (χ0) is 10.6. The van der Waals surface area contributed by atoms with Crippen LogP contribution in [-0.2, 0) is 11.2 Å². The van der Waals surface area contributed by atoms with Crippen molar-refractivity contribution in [1.82, 2.24) is 0 Å². The maximum atomic E-state index is 10.6. The molecule has 3 heteroatoms. The molecule has 1 amide bonds. The standard InChI is InChI=1S/C11H15NO2/c1-8-9(6-7-11(12)13)4-3-5-10(8)14-2/h3-5H,6-7H2,1-2H3,(H2,12,13). The number of amides is 1. The van der Waals surface area contributed by atoms with Crippen LogP contribution in [0.4, 0.5) is 0 Å². The number of hydrogen-bond donors (Lipinski definition) is 1. The van der Waals surface area contributed by atoms with E-state index in [4.69, 9.17) is 10.5 Å². The molecule has 0 radical (unpaired) electrons. The molecule has 1 aromatic rings. The molecule has 0 unspecified atom stereocenters. The molecule has 0 aliphatic rings. The Morgan fingerprint density at radius 1 is 1.50 bits per heavy atom. The van der Waals surface area contributed by atoms with Crippen molar-refractivity contribution in [3.63, 3.8) is 0 Å². The van der Waals surface area contributed by atoms with E-state index in [1.165, 1.54) is 0 Å². The van der Waals surface area contributed by atoms with Crippen LogP contribution in [0.1, 0.15) is 17.5 Å². The van der Waals surface area contributed by atoms with Gasteiger partial charge in [-0.25, -0.2) is 0 Å². The van der Waals surface area contributed by atoms with Crippen LogP contribution in [0.15, 0.2) is 18.2 Å². The summed E-state index contributed by atoms with van der Waals surface area (Å²) in [5, 5.41) is 0. The highest BCUT2D eigenvalue weighted by Gasteiger charge is 2.04. The molecule has 0 heterocycles. The average molecular weight is 193 g/mol. The maximum absolute atomic E-state index is 10.6. The van der Waals surface area contributed by atoms with Gasteiger partial charge in [0.2, 0.25) is 5.91 Å². The van der Waals surface area contributed by atoms with Gasteiger partial charge in [-0.15, -0.1) is 0 Å². The Bertz CT molecular complexity index is 334. The van der Waals surface area contributed by atoms with E-state index in [0.29, 0.717) is 12.8 Å². The molecule has 0 fully saturated rings. The Hall–Kier alpha value is -1.51. The summed E-state index contributed by atoms with van der Waals surface area (Å²) in [5.74, 6) is 0.583. The number of ether oxygens (including phenoxy) is 1. The zero-order valence-corrected chi connectivity index (χ0v) is 8.54. The molecule has 0 aromatic heterocycles. The van der Waals surface area contributed by atoms with Crippen molar-refractivity contribution in [3.8, 4) is 5.75 Å². The molecule has 76 valence electrons. The third kappa shape index (κ3) is 2.49. The highest BCUT2D eigenvalue weighted by Crippen LogP contribution is 2.21. The van der Waals surface area contributed by atoms with Gasteiger partial charge in [-0.2, -0.15) is 0 Å². The van der Waals surface area contributed by atoms with Gasteiger partial charge in [0.1, 0.15) is 5.75 Å². The molecule has 0 spiro atoms. The van der Waals surface area contributed by atoms with E-state index in [1.807, 2.05) is 25.1 Å². The summed E-state index contributed by atoms with van der Waals surface area (Å²) in [6.45, 7) is 1.98. The van der Waals surface area contributed by atoms with Crippen molar-refractivity contribution in [3.05, 3.63) is 29.3 Å². The second kappa shape index (κ2) is 4.65. The lowest BCUT2D eigenvalue weighted by Crippen LogP contribution is -2.11. The number of benzene rings is 1. The van der Waals surface area contributed by atoms with Crippen LogP contribution in [0.3, 0.4) is 0 Å². The van der Waals surface area contributed by atoms with Gasteiger partial charge < -0.3 is 10.5 Å². The summed E-state index contributed by atoms with van der Waals surface area (Å²) in [7, 11) is 1.64. The highest BCUT2D eigenvalue weighted by atomic mass is 16.5. The second-order valence-electron chi connectivity index (χ2n) is 3.21. The van der Waals surface area contributed by atoms with Crippen LogP contribution < -0.4 is 10.5 Å². The van der Waals surface area contributed by atoms with E-state index < -0.39 is 0 Å². The fraction of sp³-hybridized carbons (Fsp3) is 0.364. The van der Waals surface area contributed by atoms with Gasteiger partial charge in [0.05, 0.1) is 7.11 Å². The Labute approximate surface area is 83.9 Å². The van der Waals surface area contributed by atoms with Crippen LogP contribution in [0, 0.1) is 6.92 Å². The van der Waals surface area contributed by atoms with Gasteiger partial charge >= 0.3 is 0 Å². The molecule has 0 atom stereocenters. The third-order valence-electron chi connectivity index (χ3n) is 2.26. The highest BCUT2D eigenvalue weighted by molar-refractivity contribution is 5.74. The monoisotopic (exact) mass is 193 g/mol. The van der Waals surface area contributed by atoms with Crippen molar-refractivity contribution in [2.45, 2.75) is 19.8 Å². The van der Waals surface area contributed by atoms with Crippen molar-refractivity contribution in [1.29, 1.82) is 0 Å². The Morgan fingerprint density at radius 3 is 2.79 bits per heavy atom. The van der Waals surface area contributed by atoms with Gasteiger partial charge in [-0.1, -0.05) is 12.1 Å². The van der Waals surface area contributed by atoms with Gasteiger partial charge in [-0.3, -0.25) is 4.79 Å². The minimum absolute atomic E-state index is 0.271. The van der Waals surface area contributed by atoms with Crippen molar-refractivity contribution >= 4 is 5.91 Å². The summed E-state index contributed by atoms with van der Waals surface area (Å²) in [6, 6.07) is 5.81. The van der Waals surface area contributed by atoms with E-state index in [0.717, 1.165) is 16.9 Å². The summed E-state index contributed by atoms with van der Waals surface area (Å²) >= 11 is 0. The molecular weight excluding hydrogens is 178 g/mol. The Balaban J connectivity index is 2.81. The van der Waals surface area contributed by atoms with Crippen LogP contribution in [-0.4, -0.2) is 13.0 Å². The lowest BCUT2D eigenvalue weighted by Gasteiger charge is -2.08. The lowest BCUT2D eigenvalue weighted by molar-refractivity contribution is -0.117. The molecule has 0 aliphatic carbocycles. The van der Waals surface area contributed by atoms with E-state index >= 15 is 0 Å². The summed E-state index contributed by atoms with van der Waals surface area (Å²) in [5.41, 5.74) is 7.28. The molecule has 3 nitrogen and oxygen atoms in total. The van der Waals surface area contributed by atoms with E-state index in [2.05, 4.69) is 0 Å². The number of nitrogens with two attached hydrogens (primary N) is 1. The molecular formula is C11H15NO2. The van der Waals surface area contributed by atoms with Gasteiger partial charge in [0.15, 0.2) is 0 Å². The first-order chi connectivity index (χ1) is 6.65.